The van der Waals surface area contributed by atoms with Crippen LogP contribution in [-0.2, 0) is 4.79 Å². The zero-order valence-corrected chi connectivity index (χ0v) is 19.3. The molecule has 0 aromatic carbocycles. The Morgan fingerprint density at radius 1 is 1.14 bits per heavy atom. The van der Waals surface area contributed by atoms with E-state index in [1.54, 1.807) is 42.7 Å². The summed E-state index contributed by atoms with van der Waals surface area (Å²) in [4.78, 5) is 34.9. The molecular formula is C25H23N9O2. The van der Waals surface area contributed by atoms with Crippen molar-refractivity contribution in [2.45, 2.75) is 18.9 Å². The second-order valence-corrected chi connectivity index (χ2v) is 9.31. The summed E-state index contributed by atoms with van der Waals surface area (Å²) >= 11 is 0. The highest BCUT2D eigenvalue weighted by atomic mass is 16.2. The molecule has 2 fully saturated rings. The Morgan fingerprint density at radius 2 is 2.00 bits per heavy atom. The molecule has 6 rings (SSSR count). The molecule has 11 nitrogen and oxygen atoms in total. The molecule has 0 radical (unpaired) electrons. The number of hydrogen-bond acceptors (Lipinski definition) is 7. The van der Waals surface area contributed by atoms with Gasteiger partial charge in [-0.25, -0.2) is 14.6 Å². The van der Waals surface area contributed by atoms with Gasteiger partial charge in [0.25, 0.3) is 5.91 Å². The summed E-state index contributed by atoms with van der Waals surface area (Å²) in [6.07, 6.45) is 8.54. The van der Waals surface area contributed by atoms with Crippen molar-refractivity contribution in [1.29, 1.82) is 0 Å². The number of carbonyl (C=O) groups excluding carboxylic acids is 2. The number of carbonyl (C=O) groups is 2. The van der Waals surface area contributed by atoms with Gasteiger partial charge in [0, 0.05) is 36.5 Å². The van der Waals surface area contributed by atoms with E-state index in [0.29, 0.717) is 17.2 Å². The summed E-state index contributed by atoms with van der Waals surface area (Å²) in [6, 6.07) is 10.9. The molecule has 4 aromatic rings. The average Bonchev–Trinajstić information content (AvgIpc) is 3.56. The van der Waals surface area contributed by atoms with E-state index in [-0.39, 0.29) is 29.0 Å². The number of amides is 2. The van der Waals surface area contributed by atoms with Gasteiger partial charge in [0.15, 0.2) is 0 Å². The third-order valence-electron chi connectivity index (χ3n) is 6.82. The number of hydrogen-bond donors (Lipinski definition) is 2. The third kappa shape index (κ3) is 3.94. The van der Waals surface area contributed by atoms with E-state index in [2.05, 4.69) is 42.4 Å². The number of H-pyrrole nitrogens is 1. The molecule has 0 unspecified atom stereocenters. The van der Waals surface area contributed by atoms with Gasteiger partial charge in [0.05, 0.1) is 23.6 Å². The van der Waals surface area contributed by atoms with Gasteiger partial charge in [-0.1, -0.05) is 17.9 Å². The maximum Gasteiger partial charge on any atom is 0.275 e. The first kappa shape index (κ1) is 21.8. The maximum absolute atomic E-state index is 12.7. The van der Waals surface area contributed by atoms with Crippen LogP contribution in [0.4, 0.5) is 5.82 Å². The lowest BCUT2D eigenvalue weighted by molar-refractivity contribution is -0.149. The minimum absolute atomic E-state index is 0.00170. The predicted octanol–water partition coefficient (Wildman–Crippen LogP) is 2.73. The topological polar surface area (TPSA) is 135 Å². The highest BCUT2D eigenvalue weighted by molar-refractivity contribution is 6.02. The number of anilines is 1. The maximum atomic E-state index is 12.7. The Kier molecular flexibility index (Phi) is 5.17. The van der Waals surface area contributed by atoms with Crippen molar-refractivity contribution in [1.82, 2.24) is 40.1 Å². The SMILES string of the molecule is C=CC(=O)N1CC2(CC(n3cc(-c4ccc(NC(=O)c5cccc(-c6ccn[nH]6)n5)nc4)nn3)C2)C1. The molecule has 2 aliphatic rings. The van der Waals surface area contributed by atoms with E-state index in [9.17, 15) is 9.59 Å². The number of rotatable bonds is 6. The summed E-state index contributed by atoms with van der Waals surface area (Å²) in [5.41, 5.74) is 3.37. The van der Waals surface area contributed by atoms with Crippen LogP contribution in [0.1, 0.15) is 29.4 Å². The average molecular weight is 482 g/mol. The van der Waals surface area contributed by atoms with Crippen LogP contribution in [0.2, 0.25) is 0 Å². The van der Waals surface area contributed by atoms with E-state index < -0.39 is 0 Å². The lowest BCUT2D eigenvalue weighted by Crippen LogP contribution is -2.63. The smallest absolute Gasteiger partial charge is 0.275 e. The van der Waals surface area contributed by atoms with Crippen molar-refractivity contribution >= 4 is 17.6 Å². The van der Waals surface area contributed by atoms with Crippen molar-refractivity contribution in [3.8, 4) is 22.6 Å². The molecule has 5 heterocycles. The van der Waals surface area contributed by atoms with Crippen molar-refractivity contribution in [3.63, 3.8) is 0 Å². The van der Waals surface area contributed by atoms with Crippen molar-refractivity contribution in [3.05, 3.63) is 73.3 Å². The van der Waals surface area contributed by atoms with Gasteiger partial charge in [-0.05, 0) is 49.2 Å². The summed E-state index contributed by atoms with van der Waals surface area (Å²) in [5.74, 6) is 0.0541. The van der Waals surface area contributed by atoms with Crippen molar-refractivity contribution in [2.24, 2.45) is 5.41 Å². The standard InChI is InChI=1S/C25H23N9O2/c1-2-23(35)33-14-25(15-33)10-17(11-25)34-13-21(31-32-34)16-6-7-22(26-12-16)29-24(36)20-5-3-4-18(28-20)19-8-9-27-30-19/h2-9,12-13,17H,1,10-11,14-15H2,(H,27,30)(H,26,29,36). The number of aromatic nitrogens is 7. The minimum atomic E-state index is -0.356. The molecule has 1 spiro atoms. The van der Waals surface area contributed by atoms with E-state index in [1.807, 2.05) is 21.8 Å². The first-order valence-corrected chi connectivity index (χ1v) is 11.6. The Morgan fingerprint density at radius 3 is 2.72 bits per heavy atom. The van der Waals surface area contributed by atoms with Gasteiger partial charge in [0.2, 0.25) is 5.91 Å². The van der Waals surface area contributed by atoms with E-state index in [1.165, 1.54) is 6.08 Å². The lowest BCUT2D eigenvalue weighted by atomic mass is 9.60. The fraction of sp³-hybridized carbons (Fsp3) is 0.240. The molecule has 2 N–H and O–H groups in total. The second-order valence-electron chi connectivity index (χ2n) is 9.31. The van der Waals surface area contributed by atoms with Crippen LogP contribution in [0.15, 0.2) is 67.6 Å². The van der Waals surface area contributed by atoms with E-state index in [0.717, 1.165) is 37.2 Å². The molecule has 0 atom stereocenters. The molecular weight excluding hydrogens is 458 g/mol. The van der Waals surface area contributed by atoms with Crippen molar-refractivity contribution in [2.75, 3.05) is 18.4 Å². The Balaban J connectivity index is 1.07. The Labute approximate surface area is 206 Å². The van der Waals surface area contributed by atoms with Gasteiger partial charge >= 0.3 is 0 Å². The predicted molar refractivity (Wildman–Crippen MR) is 131 cm³/mol. The zero-order chi connectivity index (χ0) is 24.7. The van der Waals surface area contributed by atoms with Gasteiger partial charge in [-0.2, -0.15) is 5.10 Å². The first-order chi connectivity index (χ1) is 17.5. The molecule has 1 saturated carbocycles. The molecule has 0 bridgehead atoms. The van der Waals surface area contributed by atoms with Gasteiger partial charge in [0.1, 0.15) is 17.2 Å². The molecule has 2 amide bonds. The third-order valence-corrected chi connectivity index (χ3v) is 6.82. The normalized spacial score (nSPS) is 16.3. The second kappa shape index (κ2) is 8.52. The molecule has 4 aromatic heterocycles. The van der Waals surface area contributed by atoms with Gasteiger partial charge in [-0.3, -0.25) is 14.7 Å². The quantitative estimate of drug-likeness (QED) is 0.404. The van der Waals surface area contributed by atoms with Gasteiger partial charge < -0.3 is 10.2 Å². The number of aromatic amines is 1. The summed E-state index contributed by atoms with van der Waals surface area (Å²) < 4.78 is 1.90. The molecule has 1 aliphatic heterocycles. The van der Waals surface area contributed by atoms with Crippen LogP contribution < -0.4 is 5.32 Å². The highest BCUT2D eigenvalue weighted by Gasteiger charge is 2.54. The van der Waals surface area contributed by atoms with E-state index >= 15 is 0 Å². The van der Waals surface area contributed by atoms with Crippen LogP contribution in [0, 0.1) is 5.41 Å². The number of nitrogens with zero attached hydrogens (tertiary/aromatic N) is 7. The summed E-state index contributed by atoms with van der Waals surface area (Å²) in [5, 5.41) is 18.1. The number of likely N-dealkylation sites (tertiary alicyclic amines) is 1. The van der Waals surface area contributed by atoms with Crippen LogP contribution in [0.3, 0.4) is 0 Å². The van der Waals surface area contributed by atoms with E-state index in [4.69, 9.17) is 0 Å². The Hall–Kier alpha value is -4.67. The van der Waals surface area contributed by atoms with Crippen LogP contribution >= 0.6 is 0 Å². The Bertz CT molecular complexity index is 1430. The molecule has 1 aliphatic carbocycles. The fourth-order valence-corrected chi connectivity index (χ4v) is 4.93. The minimum Gasteiger partial charge on any atom is -0.338 e. The van der Waals surface area contributed by atoms with Gasteiger partial charge in [-0.15, -0.1) is 5.10 Å². The number of pyridine rings is 2. The lowest BCUT2D eigenvalue weighted by Gasteiger charge is -2.58. The highest BCUT2D eigenvalue weighted by Crippen LogP contribution is 2.53. The molecule has 180 valence electrons. The number of nitrogens with one attached hydrogen (secondary N) is 2. The van der Waals surface area contributed by atoms with Crippen molar-refractivity contribution < 1.29 is 9.59 Å². The largest absolute Gasteiger partial charge is 0.338 e. The van der Waals surface area contributed by atoms with Crippen LogP contribution in [0.25, 0.3) is 22.6 Å². The summed E-state index contributed by atoms with van der Waals surface area (Å²) in [6.45, 7) is 5.12. The first-order valence-electron chi connectivity index (χ1n) is 11.6. The fourth-order valence-electron chi connectivity index (χ4n) is 4.93. The molecule has 36 heavy (non-hydrogen) atoms. The summed E-state index contributed by atoms with van der Waals surface area (Å²) in [7, 11) is 0. The molecule has 1 saturated heterocycles. The zero-order valence-electron chi connectivity index (χ0n) is 19.3. The van der Waals surface area contributed by atoms with Crippen LogP contribution in [0.5, 0.6) is 0 Å². The monoisotopic (exact) mass is 481 g/mol. The molecule has 11 heteroatoms. The van der Waals surface area contributed by atoms with Crippen LogP contribution in [-0.4, -0.2) is 65.0 Å².